The molecule has 0 amide bonds. The number of aryl methyl sites for hydroxylation is 4. The molecule has 0 fully saturated rings. The van der Waals surface area contributed by atoms with E-state index >= 15 is 0 Å². The minimum atomic E-state index is 1.30. The number of benzene rings is 4. The highest BCUT2D eigenvalue weighted by Gasteiger charge is 2.25. The standard InChI is InChI=1S/C29H23N2/c1-16-13-17(2)27-23(14-16)22-10-9-19-11-12-30(4)29-25-18(3)21-8-6-5-7-20(21)15-24(25)31(27)28(22)26(19)29/h5-15H,1-4H3/q+1. The van der Waals surface area contributed by atoms with Gasteiger partial charge in [-0.2, -0.15) is 0 Å². The number of hydrogen-bond donors (Lipinski definition) is 0. The van der Waals surface area contributed by atoms with Crippen LogP contribution in [0.25, 0.3) is 59.8 Å². The van der Waals surface area contributed by atoms with Gasteiger partial charge in [0, 0.05) is 16.8 Å². The van der Waals surface area contributed by atoms with Crippen LogP contribution in [0.1, 0.15) is 16.7 Å². The Morgan fingerprint density at radius 2 is 1.55 bits per heavy atom. The van der Waals surface area contributed by atoms with Gasteiger partial charge in [-0.05, 0) is 60.2 Å². The molecule has 7 rings (SSSR count). The summed E-state index contributed by atoms with van der Waals surface area (Å²) in [6.45, 7) is 6.74. The van der Waals surface area contributed by atoms with Gasteiger partial charge in [0.2, 0.25) is 5.52 Å². The number of rotatable bonds is 0. The Hall–Kier alpha value is -3.65. The van der Waals surface area contributed by atoms with Crippen LogP contribution in [-0.4, -0.2) is 4.40 Å². The molecule has 4 aromatic carbocycles. The van der Waals surface area contributed by atoms with E-state index in [1.807, 2.05) is 0 Å². The number of pyridine rings is 2. The zero-order valence-corrected chi connectivity index (χ0v) is 18.2. The lowest BCUT2D eigenvalue weighted by atomic mass is 9.96. The van der Waals surface area contributed by atoms with E-state index in [4.69, 9.17) is 0 Å². The third kappa shape index (κ3) is 1.96. The molecule has 0 atom stereocenters. The predicted molar refractivity (Wildman–Crippen MR) is 132 cm³/mol. The van der Waals surface area contributed by atoms with Gasteiger partial charge in [0.05, 0.1) is 27.3 Å². The fourth-order valence-corrected chi connectivity index (χ4v) is 5.99. The van der Waals surface area contributed by atoms with E-state index in [0.29, 0.717) is 0 Å². The molecule has 2 nitrogen and oxygen atoms in total. The van der Waals surface area contributed by atoms with Crippen LogP contribution in [0.4, 0.5) is 0 Å². The van der Waals surface area contributed by atoms with E-state index in [1.165, 1.54) is 76.5 Å². The van der Waals surface area contributed by atoms with Crippen molar-refractivity contribution >= 4 is 59.8 Å². The SMILES string of the molecule is Cc1cc(C)c2c(c1)c1ccc3cc[n+](C)c4c5c(C)c6ccccc6cc5n2c1c34. The summed E-state index contributed by atoms with van der Waals surface area (Å²) < 4.78 is 4.85. The molecule has 0 radical (unpaired) electrons. The maximum atomic E-state index is 2.55. The molecule has 0 bridgehead atoms. The lowest BCUT2D eigenvalue weighted by Gasteiger charge is -2.15. The number of nitrogens with zero attached hydrogens (tertiary/aromatic N) is 2. The second-order valence-electron chi connectivity index (χ2n) is 9.13. The molecule has 3 heterocycles. The molecule has 0 aliphatic carbocycles. The maximum absolute atomic E-state index is 2.55. The molecule has 0 saturated carbocycles. The molecular formula is C29H23N2+. The summed E-state index contributed by atoms with van der Waals surface area (Å²) in [5, 5.41) is 9.34. The maximum Gasteiger partial charge on any atom is 0.224 e. The zero-order valence-electron chi connectivity index (χ0n) is 18.2. The summed E-state index contributed by atoms with van der Waals surface area (Å²) in [7, 11) is 2.18. The molecule has 0 N–H and O–H groups in total. The van der Waals surface area contributed by atoms with Crippen LogP contribution in [-0.2, 0) is 7.05 Å². The topological polar surface area (TPSA) is 8.29 Å². The van der Waals surface area contributed by atoms with Crippen LogP contribution in [0.5, 0.6) is 0 Å². The van der Waals surface area contributed by atoms with Crippen molar-refractivity contribution in [2.45, 2.75) is 20.8 Å². The van der Waals surface area contributed by atoms with E-state index in [1.54, 1.807) is 0 Å². The summed E-state index contributed by atoms with van der Waals surface area (Å²) >= 11 is 0. The number of hydrogen-bond acceptors (Lipinski definition) is 0. The van der Waals surface area contributed by atoms with Gasteiger partial charge >= 0.3 is 0 Å². The van der Waals surface area contributed by atoms with E-state index < -0.39 is 0 Å². The second-order valence-corrected chi connectivity index (χ2v) is 9.13. The molecule has 31 heavy (non-hydrogen) atoms. The normalized spacial score (nSPS) is 12.5. The van der Waals surface area contributed by atoms with Crippen LogP contribution in [0.2, 0.25) is 0 Å². The van der Waals surface area contributed by atoms with Gasteiger partial charge in [0.1, 0.15) is 7.05 Å². The third-order valence-electron chi connectivity index (χ3n) is 7.23. The minimum absolute atomic E-state index is 1.30. The molecule has 0 unspecified atom stereocenters. The monoisotopic (exact) mass is 399 g/mol. The lowest BCUT2D eigenvalue weighted by molar-refractivity contribution is -0.643. The summed E-state index contributed by atoms with van der Waals surface area (Å²) in [4.78, 5) is 0. The first-order chi connectivity index (χ1) is 15.0. The Kier molecular flexibility index (Phi) is 3.04. The zero-order chi connectivity index (χ0) is 21.0. The van der Waals surface area contributed by atoms with E-state index in [0.717, 1.165) is 0 Å². The second kappa shape index (κ2) is 5.53. The predicted octanol–water partition coefficient (Wildman–Crippen LogP) is 6.89. The summed E-state index contributed by atoms with van der Waals surface area (Å²) in [6.07, 6.45) is 2.20. The smallest absolute Gasteiger partial charge is 0.224 e. The first kappa shape index (κ1) is 17.1. The van der Waals surface area contributed by atoms with Crippen molar-refractivity contribution in [2.75, 3.05) is 0 Å². The summed E-state index contributed by atoms with van der Waals surface area (Å²) in [5.74, 6) is 0. The van der Waals surface area contributed by atoms with Crippen LogP contribution in [0.15, 0.2) is 66.9 Å². The van der Waals surface area contributed by atoms with E-state index in [2.05, 4.69) is 104 Å². The third-order valence-corrected chi connectivity index (χ3v) is 7.23. The lowest BCUT2D eigenvalue weighted by Crippen LogP contribution is -2.28. The van der Waals surface area contributed by atoms with Gasteiger partial charge in [0.25, 0.3) is 0 Å². The van der Waals surface area contributed by atoms with Crippen molar-refractivity contribution < 1.29 is 4.57 Å². The largest absolute Gasteiger partial charge is 0.307 e. The quantitative estimate of drug-likeness (QED) is 0.149. The minimum Gasteiger partial charge on any atom is -0.307 e. The van der Waals surface area contributed by atoms with Gasteiger partial charge < -0.3 is 4.40 Å². The van der Waals surface area contributed by atoms with Crippen LogP contribution < -0.4 is 4.57 Å². The van der Waals surface area contributed by atoms with Crippen molar-refractivity contribution in [3.63, 3.8) is 0 Å². The van der Waals surface area contributed by atoms with Crippen LogP contribution in [0.3, 0.4) is 0 Å². The highest BCUT2D eigenvalue weighted by Crippen LogP contribution is 2.43. The molecule has 148 valence electrons. The Morgan fingerprint density at radius 1 is 0.710 bits per heavy atom. The van der Waals surface area contributed by atoms with Gasteiger partial charge in [-0.1, -0.05) is 48.0 Å². The first-order valence-electron chi connectivity index (χ1n) is 10.9. The van der Waals surface area contributed by atoms with Crippen molar-refractivity contribution in [3.05, 3.63) is 83.6 Å². The highest BCUT2D eigenvalue weighted by atomic mass is 15.0. The van der Waals surface area contributed by atoms with Gasteiger partial charge in [-0.25, -0.2) is 4.57 Å². The average molecular weight is 400 g/mol. The number of fused-ring (bicyclic) bond motifs is 7. The van der Waals surface area contributed by atoms with Gasteiger partial charge in [-0.3, -0.25) is 0 Å². The van der Waals surface area contributed by atoms with Crippen LogP contribution >= 0.6 is 0 Å². The Morgan fingerprint density at radius 3 is 2.42 bits per heavy atom. The molecular weight excluding hydrogens is 376 g/mol. The Labute approximate surface area is 180 Å². The van der Waals surface area contributed by atoms with Crippen LogP contribution in [0, 0.1) is 20.8 Å². The van der Waals surface area contributed by atoms with Crippen molar-refractivity contribution in [1.29, 1.82) is 0 Å². The summed E-state index contributed by atoms with van der Waals surface area (Å²) in [5.41, 5.74) is 9.30. The fourth-order valence-electron chi connectivity index (χ4n) is 5.99. The number of aromatic nitrogens is 2. The molecule has 0 saturated heterocycles. The van der Waals surface area contributed by atoms with Gasteiger partial charge in [0.15, 0.2) is 6.20 Å². The molecule has 0 aliphatic heterocycles. The molecule has 2 heteroatoms. The van der Waals surface area contributed by atoms with Crippen molar-refractivity contribution in [3.8, 4) is 0 Å². The van der Waals surface area contributed by atoms with E-state index in [-0.39, 0.29) is 0 Å². The average Bonchev–Trinajstić information content (AvgIpc) is 3.09. The highest BCUT2D eigenvalue weighted by molar-refractivity contribution is 6.28. The molecule has 3 aromatic heterocycles. The molecule has 7 aromatic rings. The Bertz CT molecular complexity index is 1870. The molecule has 0 spiro atoms. The van der Waals surface area contributed by atoms with Gasteiger partial charge in [-0.15, -0.1) is 0 Å². The van der Waals surface area contributed by atoms with E-state index in [9.17, 15) is 0 Å². The first-order valence-corrected chi connectivity index (χ1v) is 10.9. The fraction of sp³-hybridized carbons (Fsp3) is 0.138. The van der Waals surface area contributed by atoms with Crippen molar-refractivity contribution in [1.82, 2.24) is 4.40 Å². The molecule has 0 aliphatic rings. The summed E-state index contributed by atoms with van der Waals surface area (Å²) in [6, 6.07) is 22.7. The Balaban J connectivity index is 1.98. The van der Waals surface area contributed by atoms with Crippen molar-refractivity contribution in [2.24, 2.45) is 7.05 Å².